The molecule has 1 amide bonds. The number of amides is 1. The van der Waals surface area contributed by atoms with Crippen molar-refractivity contribution in [2.75, 3.05) is 13.2 Å². The summed E-state index contributed by atoms with van der Waals surface area (Å²) < 4.78 is 19.9. The fourth-order valence-corrected chi connectivity index (χ4v) is 4.10. The third-order valence-corrected chi connectivity index (χ3v) is 5.80. The Morgan fingerprint density at radius 3 is 2.45 bits per heavy atom. The molecule has 5 nitrogen and oxygen atoms in total. The summed E-state index contributed by atoms with van der Waals surface area (Å²) in [6, 6.07) is 11.6. The monoisotopic (exact) mass is 459 g/mol. The second kappa shape index (κ2) is 8.08. The van der Waals surface area contributed by atoms with Crippen molar-refractivity contribution in [2.45, 2.75) is 25.0 Å². The molecule has 2 aromatic rings. The van der Waals surface area contributed by atoms with Crippen LogP contribution in [0.5, 0.6) is 0 Å². The molecule has 2 fully saturated rings. The molecule has 4 rings (SSSR count). The first-order valence-corrected chi connectivity index (χ1v) is 10.2. The van der Waals surface area contributed by atoms with E-state index in [1.165, 1.54) is 29.2 Å². The summed E-state index contributed by atoms with van der Waals surface area (Å²) in [6.07, 6.45) is 1.53. The number of ketones is 1. The minimum atomic E-state index is -0.802. The first-order chi connectivity index (χ1) is 14.0. The number of carbonyl (C=O) groups is 2. The van der Waals surface area contributed by atoms with Gasteiger partial charge in [-0.25, -0.2) is 4.39 Å². The Balaban J connectivity index is 1.81. The lowest BCUT2D eigenvalue weighted by molar-refractivity contribution is -0.140. The standard InChI is InChI=1S/C22H19BrFNO4/c23-15-7-3-14(4-8-15)20(26)18-19(13-5-9-16(24)10-6-13)25(22(28)21(18)27)12-17-2-1-11-29-17/h3-10,17,19,26H,1-2,11-12H2/b20-18+. The summed E-state index contributed by atoms with van der Waals surface area (Å²) in [5.41, 5.74) is 0.986. The Kier molecular flexibility index (Phi) is 5.52. The minimum Gasteiger partial charge on any atom is -0.507 e. The van der Waals surface area contributed by atoms with E-state index in [2.05, 4.69) is 15.9 Å². The lowest BCUT2D eigenvalue weighted by Crippen LogP contribution is -2.36. The number of ether oxygens (including phenoxy) is 1. The van der Waals surface area contributed by atoms with Crippen molar-refractivity contribution in [2.24, 2.45) is 0 Å². The molecule has 0 aromatic heterocycles. The molecule has 2 aliphatic rings. The van der Waals surface area contributed by atoms with E-state index in [9.17, 15) is 19.1 Å². The van der Waals surface area contributed by atoms with Crippen molar-refractivity contribution in [3.8, 4) is 0 Å². The van der Waals surface area contributed by atoms with Gasteiger partial charge in [0.15, 0.2) is 0 Å². The summed E-state index contributed by atoms with van der Waals surface area (Å²) in [6.45, 7) is 0.860. The first-order valence-electron chi connectivity index (χ1n) is 9.37. The molecule has 0 aliphatic carbocycles. The maximum atomic E-state index is 13.5. The highest BCUT2D eigenvalue weighted by atomic mass is 79.9. The Hall–Kier alpha value is -2.51. The van der Waals surface area contributed by atoms with E-state index >= 15 is 0 Å². The number of rotatable bonds is 4. The van der Waals surface area contributed by atoms with E-state index in [0.717, 1.165) is 17.3 Å². The molecule has 2 aliphatic heterocycles. The molecule has 2 saturated heterocycles. The highest BCUT2D eigenvalue weighted by Crippen LogP contribution is 2.40. The van der Waals surface area contributed by atoms with Crippen LogP contribution in [0, 0.1) is 5.82 Å². The van der Waals surface area contributed by atoms with Gasteiger partial charge in [0.25, 0.3) is 11.7 Å². The number of likely N-dealkylation sites (tertiary alicyclic amines) is 1. The van der Waals surface area contributed by atoms with E-state index < -0.39 is 23.5 Å². The highest BCUT2D eigenvalue weighted by molar-refractivity contribution is 9.10. The molecule has 2 aromatic carbocycles. The number of hydrogen-bond acceptors (Lipinski definition) is 4. The van der Waals surface area contributed by atoms with E-state index in [1.54, 1.807) is 24.3 Å². The topological polar surface area (TPSA) is 66.8 Å². The van der Waals surface area contributed by atoms with Gasteiger partial charge >= 0.3 is 0 Å². The molecule has 0 spiro atoms. The molecular formula is C22H19BrFNO4. The zero-order valence-electron chi connectivity index (χ0n) is 15.5. The second-order valence-electron chi connectivity index (χ2n) is 7.14. The predicted molar refractivity (Wildman–Crippen MR) is 109 cm³/mol. The Bertz CT molecular complexity index is 965. The predicted octanol–water partition coefficient (Wildman–Crippen LogP) is 4.19. The fraction of sp³-hybridized carbons (Fsp3) is 0.273. The zero-order chi connectivity index (χ0) is 20.5. The smallest absolute Gasteiger partial charge is 0.295 e. The van der Waals surface area contributed by atoms with Crippen LogP contribution in [0.2, 0.25) is 0 Å². The largest absolute Gasteiger partial charge is 0.507 e. The van der Waals surface area contributed by atoms with Crippen LogP contribution in [0.15, 0.2) is 58.6 Å². The SMILES string of the molecule is O=C1C(=O)N(CC2CCCO2)C(c2ccc(F)cc2)/C1=C(\O)c1ccc(Br)cc1. The third-order valence-electron chi connectivity index (χ3n) is 5.27. The molecule has 2 atom stereocenters. The van der Waals surface area contributed by atoms with Gasteiger partial charge in [0.1, 0.15) is 11.6 Å². The van der Waals surface area contributed by atoms with E-state index in [1.807, 2.05) is 0 Å². The Labute approximate surface area is 175 Å². The summed E-state index contributed by atoms with van der Waals surface area (Å²) in [5.74, 6) is -2.11. The van der Waals surface area contributed by atoms with Crippen LogP contribution in [0.4, 0.5) is 4.39 Å². The van der Waals surface area contributed by atoms with Gasteiger partial charge in [-0.1, -0.05) is 40.2 Å². The third kappa shape index (κ3) is 3.84. The van der Waals surface area contributed by atoms with Crippen molar-refractivity contribution in [3.05, 3.63) is 75.5 Å². The summed E-state index contributed by atoms with van der Waals surface area (Å²) >= 11 is 3.34. The van der Waals surface area contributed by atoms with Crippen molar-refractivity contribution in [1.29, 1.82) is 0 Å². The maximum absolute atomic E-state index is 13.5. The zero-order valence-corrected chi connectivity index (χ0v) is 17.1. The molecule has 0 bridgehead atoms. The first kappa shape index (κ1) is 19.8. The highest BCUT2D eigenvalue weighted by Gasteiger charge is 2.47. The molecule has 150 valence electrons. The molecule has 2 unspecified atom stereocenters. The van der Waals surface area contributed by atoms with Crippen molar-refractivity contribution in [1.82, 2.24) is 4.90 Å². The van der Waals surface area contributed by atoms with Gasteiger partial charge in [0.05, 0.1) is 17.7 Å². The van der Waals surface area contributed by atoms with Gasteiger partial charge in [0, 0.05) is 23.2 Å². The van der Waals surface area contributed by atoms with Gasteiger partial charge in [-0.15, -0.1) is 0 Å². The molecule has 2 heterocycles. The average molecular weight is 460 g/mol. The summed E-state index contributed by atoms with van der Waals surface area (Å²) in [4.78, 5) is 27.2. The van der Waals surface area contributed by atoms with E-state index in [-0.39, 0.29) is 24.0 Å². The number of carbonyl (C=O) groups excluding carboxylic acids is 2. The summed E-state index contributed by atoms with van der Waals surface area (Å²) in [7, 11) is 0. The molecule has 7 heteroatoms. The van der Waals surface area contributed by atoms with Gasteiger partial charge in [-0.3, -0.25) is 9.59 Å². The van der Waals surface area contributed by atoms with Crippen molar-refractivity contribution >= 4 is 33.4 Å². The lowest BCUT2D eigenvalue weighted by atomic mass is 9.95. The second-order valence-corrected chi connectivity index (χ2v) is 8.06. The molecule has 0 radical (unpaired) electrons. The summed E-state index contributed by atoms with van der Waals surface area (Å²) in [5, 5.41) is 10.9. The molecular weight excluding hydrogens is 441 g/mol. The maximum Gasteiger partial charge on any atom is 0.295 e. The number of aliphatic hydroxyl groups is 1. The van der Waals surface area contributed by atoms with E-state index in [0.29, 0.717) is 17.7 Å². The number of benzene rings is 2. The van der Waals surface area contributed by atoms with Crippen LogP contribution in [0.25, 0.3) is 5.76 Å². The van der Waals surface area contributed by atoms with E-state index in [4.69, 9.17) is 4.74 Å². The van der Waals surface area contributed by atoms with Crippen LogP contribution < -0.4 is 0 Å². The van der Waals surface area contributed by atoms with Crippen LogP contribution in [-0.4, -0.2) is 41.0 Å². The van der Waals surface area contributed by atoms with Gasteiger partial charge < -0.3 is 14.7 Å². The number of hydrogen-bond donors (Lipinski definition) is 1. The normalized spacial score (nSPS) is 23.7. The minimum absolute atomic E-state index is 0.00178. The Morgan fingerprint density at radius 2 is 1.83 bits per heavy atom. The number of halogens is 2. The van der Waals surface area contributed by atoms with Crippen LogP contribution in [-0.2, 0) is 14.3 Å². The number of Topliss-reactive ketones (excluding diaryl/α,β-unsaturated/α-hetero) is 1. The van der Waals surface area contributed by atoms with Crippen molar-refractivity contribution < 1.29 is 23.8 Å². The van der Waals surface area contributed by atoms with Crippen LogP contribution >= 0.6 is 15.9 Å². The average Bonchev–Trinajstić information content (AvgIpc) is 3.31. The van der Waals surface area contributed by atoms with Gasteiger partial charge in [-0.05, 0) is 42.7 Å². The lowest BCUT2D eigenvalue weighted by Gasteiger charge is -2.27. The van der Waals surface area contributed by atoms with Gasteiger partial charge in [-0.2, -0.15) is 0 Å². The van der Waals surface area contributed by atoms with Crippen molar-refractivity contribution in [3.63, 3.8) is 0 Å². The number of aliphatic hydroxyl groups excluding tert-OH is 1. The van der Waals surface area contributed by atoms with Gasteiger partial charge in [0.2, 0.25) is 0 Å². The number of nitrogens with zero attached hydrogens (tertiary/aromatic N) is 1. The molecule has 0 saturated carbocycles. The molecule has 29 heavy (non-hydrogen) atoms. The van der Waals surface area contributed by atoms with Crippen LogP contribution in [0.1, 0.15) is 30.0 Å². The van der Waals surface area contributed by atoms with Crippen LogP contribution in [0.3, 0.4) is 0 Å². The Morgan fingerprint density at radius 1 is 1.14 bits per heavy atom. The fourth-order valence-electron chi connectivity index (χ4n) is 3.83. The quantitative estimate of drug-likeness (QED) is 0.422. The molecule has 1 N–H and O–H groups in total.